The largest absolute Gasteiger partial charge is 0.444 e. The Kier molecular flexibility index (Phi) is 3.88. The molecule has 0 aliphatic rings. The van der Waals surface area contributed by atoms with Crippen LogP contribution in [0.25, 0.3) is 0 Å². The number of hydrogen-bond acceptors (Lipinski definition) is 3. The van der Waals surface area contributed by atoms with Crippen LogP contribution in [0, 0.1) is 0 Å². The SMILES string of the molecule is CC(C)(C)OC(=O)Nc1cnn(CC(F)(F)F)c1. The van der Waals surface area contributed by atoms with Gasteiger partial charge in [0.2, 0.25) is 0 Å². The zero-order valence-corrected chi connectivity index (χ0v) is 10.2. The molecule has 1 aromatic heterocycles. The third kappa shape index (κ3) is 5.55. The summed E-state index contributed by atoms with van der Waals surface area (Å²) >= 11 is 0. The van der Waals surface area contributed by atoms with Crippen LogP contribution >= 0.6 is 0 Å². The van der Waals surface area contributed by atoms with E-state index >= 15 is 0 Å². The number of hydrogen-bond donors (Lipinski definition) is 1. The van der Waals surface area contributed by atoms with Crippen molar-refractivity contribution < 1.29 is 22.7 Å². The maximum Gasteiger partial charge on any atom is 0.412 e. The first-order valence-electron chi connectivity index (χ1n) is 5.14. The summed E-state index contributed by atoms with van der Waals surface area (Å²) < 4.78 is 41.8. The van der Waals surface area contributed by atoms with E-state index in [4.69, 9.17) is 4.74 Å². The fourth-order valence-corrected chi connectivity index (χ4v) is 1.12. The average Bonchev–Trinajstić information content (AvgIpc) is 2.44. The first-order valence-corrected chi connectivity index (χ1v) is 5.14. The lowest BCUT2D eigenvalue weighted by atomic mass is 10.2. The predicted octanol–water partition coefficient (Wildman–Crippen LogP) is 2.79. The summed E-state index contributed by atoms with van der Waals surface area (Å²) in [6.45, 7) is 3.84. The summed E-state index contributed by atoms with van der Waals surface area (Å²) in [7, 11) is 0. The first kappa shape index (κ1) is 14.3. The van der Waals surface area contributed by atoms with E-state index < -0.39 is 24.4 Å². The molecule has 18 heavy (non-hydrogen) atoms. The van der Waals surface area contributed by atoms with Crippen molar-refractivity contribution in [2.75, 3.05) is 5.32 Å². The van der Waals surface area contributed by atoms with E-state index in [0.29, 0.717) is 4.68 Å². The molecule has 1 N–H and O–H groups in total. The Morgan fingerprint density at radius 3 is 2.56 bits per heavy atom. The topological polar surface area (TPSA) is 56.1 Å². The molecule has 1 heterocycles. The molecule has 0 unspecified atom stereocenters. The first-order chi connectivity index (χ1) is 8.05. The van der Waals surface area contributed by atoms with Crippen molar-refractivity contribution in [1.29, 1.82) is 0 Å². The van der Waals surface area contributed by atoms with Crippen LogP contribution in [0.4, 0.5) is 23.7 Å². The molecule has 0 bridgehead atoms. The number of nitrogens with one attached hydrogen (secondary N) is 1. The summed E-state index contributed by atoms with van der Waals surface area (Å²) in [6.07, 6.45) is -2.89. The van der Waals surface area contributed by atoms with E-state index in [1.54, 1.807) is 20.8 Å². The van der Waals surface area contributed by atoms with Crippen LogP contribution in [0.3, 0.4) is 0 Å². The Balaban J connectivity index is 2.57. The molecule has 8 heteroatoms. The van der Waals surface area contributed by atoms with Gasteiger partial charge in [-0.3, -0.25) is 10.00 Å². The number of carbonyl (C=O) groups excluding carboxylic acids is 1. The van der Waals surface area contributed by atoms with Gasteiger partial charge in [0, 0.05) is 6.20 Å². The Bertz CT molecular complexity index is 421. The van der Waals surface area contributed by atoms with Gasteiger partial charge in [0.25, 0.3) is 0 Å². The third-order valence-electron chi connectivity index (χ3n) is 1.62. The maximum atomic E-state index is 12.1. The number of alkyl halides is 3. The fourth-order valence-electron chi connectivity index (χ4n) is 1.12. The Hall–Kier alpha value is -1.73. The van der Waals surface area contributed by atoms with Crippen LogP contribution in [-0.4, -0.2) is 27.7 Å². The molecule has 0 fully saturated rings. The molecule has 1 amide bonds. The van der Waals surface area contributed by atoms with Crippen molar-refractivity contribution in [3.63, 3.8) is 0 Å². The minimum Gasteiger partial charge on any atom is -0.444 e. The standard InChI is InChI=1S/C10H14F3N3O2/c1-9(2,3)18-8(17)15-7-4-14-16(5-7)6-10(11,12)13/h4-5H,6H2,1-3H3,(H,15,17). The number of anilines is 1. The van der Waals surface area contributed by atoms with Crippen LogP contribution in [0.15, 0.2) is 12.4 Å². The summed E-state index contributed by atoms with van der Waals surface area (Å²) in [5.41, 5.74) is -0.528. The molecule has 0 saturated heterocycles. The lowest BCUT2D eigenvalue weighted by molar-refractivity contribution is -0.142. The highest BCUT2D eigenvalue weighted by molar-refractivity contribution is 5.84. The number of carbonyl (C=O) groups is 1. The monoisotopic (exact) mass is 265 g/mol. The van der Waals surface area contributed by atoms with E-state index in [0.717, 1.165) is 12.4 Å². The van der Waals surface area contributed by atoms with E-state index in [9.17, 15) is 18.0 Å². The van der Waals surface area contributed by atoms with Crippen LogP contribution in [-0.2, 0) is 11.3 Å². The van der Waals surface area contributed by atoms with Gasteiger partial charge in [-0.2, -0.15) is 18.3 Å². The van der Waals surface area contributed by atoms with E-state index in [-0.39, 0.29) is 5.69 Å². The van der Waals surface area contributed by atoms with E-state index in [2.05, 4.69) is 10.4 Å². The Morgan fingerprint density at radius 1 is 1.44 bits per heavy atom. The van der Waals surface area contributed by atoms with Crippen molar-refractivity contribution in [2.45, 2.75) is 39.1 Å². The smallest absolute Gasteiger partial charge is 0.412 e. The molecule has 0 aliphatic carbocycles. The maximum absolute atomic E-state index is 12.1. The Morgan fingerprint density at radius 2 is 2.06 bits per heavy atom. The number of rotatable bonds is 2. The highest BCUT2D eigenvalue weighted by Crippen LogP contribution is 2.18. The highest BCUT2D eigenvalue weighted by atomic mass is 19.4. The third-order valence-corrected chi connectivity index (χ3v) is 1.62. The zero-order valence-electron chi connectivity index (χ0n) is 10.2. The van der Waals surface area contributed by atoms with Gasteiger partial charge in [-0.1, -0.05) is 0 Å². The summed E-state index contributed by atoms with van der Waals surface area (Å²) in [5, 5.41) is 5.77. The molecule has 0 spiro atoms. The quantitative estimate of drug-likeness (QED) is 0.894. The molecule has 0 aliphatic heterocycles. The second-order valence-electron chi connectivity index (χ2n) is 4.67. The summed E-state index contributed by atoms with van der Waals surface area (Å²) in [4.78, 5) is 11.3. The van der Waals surface area contributed by atoms with Gasteiger partial charge >= 0.3 is 12.3 Å². The second kappa shape index (κ2) is 4.87. The van der Waals surface area contributed by atoms with Crippen LogP contribution < -0.4 is 5.32 Å². The molecule has 0 radical (unpaired) electrons. The molecule has 0 saturated carbocycles. The average molecular weight is 265 g/mol. The van der Waals surface area contributed by atoms with Crippen molar-refractivity contribution in [2.24, 2.45) is 0 Å². The molecule has 0 aromatic carbocycles. The minimum absolute atomic E-state index is 0.147. The number of halogens is 3. The zero-order chi connectivity index (χ0) is 14.0. The van der Waals surface area contributed by atoms with Gasteiger partial charge in [0.1, 0.15) is 12.1 Å². The number of nitrogens with zero attached hydrogens (tertiary/aromatic N) is 2. The van der Waals surface area contributed by atoms with Gasteiger partial charge in [-0.05, 0) is 20.8 Å². The lowest BCUT2D eigenvalue weighted by Crippen LogP contribution is -2.27. The van der Waals surface area contributed by atoms with Crippen molar-refractivity contribution in [3.05, 3.63) is 12.4 Å². The molecular formula is C10H14F3N3O2. The molecule has 5 nitrogen and oxygen atoms in total. The van der Waals surface area contributed by atoms with Gasteiger partial charge in [0.15, 0.2) is 0 Å². The predicted molar refractivity (Wildman–Crippen MR) is 58.1 cm³/mol. The summed E-state index contributed by atoms with van der Waals surface area (Å²) in [5.74, 6) is 0. The number of amides is 1. The van der Waals surface area contributed by atoms with Crippen LogP contribution in [0.5, 0.6) is 0 Å². The molecule has 1 aromatic rings. The second-order valence-corrected chi connectivity index (χ2v) is 4.67. The van der Waals surface area contributed by atoms with Gasteiger partial charge in [-0.15, -0.1) is 0 Å². The molecule has 1 rings (SSSR count). The van der Waals surface area contributed by atoms with Gasteiger partial charge in [-0.25, -0.2) is 4.79 Å². The lowest BCUT2D eigenvalue weighted by Gasteiger charge is -2.19. The highest BCUT2D eigenvalue weighted by Gasteiger charge is 2.28. The molecular weight excluding hydrogens is 251 g/mol. The molecule has 0 atom stereocenters. The summed E-state index contributed by atoms with van der Waals surface area (Å²) in [6, 6.07) is 0. The van der Waals surface area contributed by atoms with Crippen molar-refractivity contribution in [1.82, 2.24) is 9.78 Å². The molecule has 102 valence electrons. The van der Waals surface area contributed by atoms with Gasteiger partial charge < -0.3 is 4.74 Å². The van der Waals surface area contributed by atoms with Gasteiger partial charge in [0.05, 0.1) is 11.9 Å². The van der Waals surface area contributed by atoms with E-state index in [1.807, 2.05) is 0 Å². The van der Waals surface area contributed by atoms with Crippen LogP contribution in [0.1, 0.15) is 20.8 Å². The van der Waals surface area contributed by atoms with Crippen molar-refractivity contribution >= 4 is 11.8 Å². The normalized spacial score (nSPS) is 12.3. The number of ether oxygens (including phenoxy) is 1. The fraction of sp³-hybridized carbons (Fsp3) is 0.600. The minimum atomic E-state index is -4.35. The van der Waals surface area contributed by atoms with Crippen molar-refractivity contribution in [3.8, 4) is 0 Å². The van der Waals surface area contributed by atoms with Crippen LogP contribution in [0.2, 0.25) is 0 Å². The number of aromatic nitrogens is 2. The Labute approximate surface area is 102 Å². The van der Waals surface area contributed by atoms with E-state index in [1.165, 1.54) is 0 Å².